The summed E-state index contributed by atoms with van der Waals surface area (Å²) in [5.74, 6) is 0.834. The van der Waals surface area contributed by atoms with Gasteiger partial charge in [0.2, 0.25) is 0 Å². The quantitative estimate of drug-likeness (QED) is 0.750. The van der Waals surface area contributed by atoms with Crippen molar-refractivity contribution in [3.63, 3.8) is 0 Å². The zero-order chi connectivity index (χ0) is 18.9. The minimum Gasteiger partial charge on any atom is -0.481 e. The summed E-state index contributed by atoms with van der Waals surface area (Å²) >= 11 is 0. The number of hydrogen-bond acceptors (Lipinski definition) is 3. The van der Waals surface area contributed by atoms with E-state index in [0.29, 0.717) is 0 Å². The van der Waals surface area contributed by atoms with Crippen LogP contribution < -0.4 is 4.74 Å². The summed E-state index contributed by atoms with van der Waals surface area (Å²) in [6.07, 6.45) is 2.85. The lowest BCUT2D eigenvalue weighted by molar-refractivity contribution is -0.137. The van der Waals surface area contributed by atoms with Crippen LogP contribution in [0.15, 0.2) is 60.7 Å². The van der Waals surface area contributed by atoms with Gasteiger partial charge in [0.25, 0.3) is 5.91 Å². The van der Waals surface area contributed by atoms with Gasteiger partial charge in [-0.05, 0) is 57.0 Å². The zero-order valence-electron chi connectivity index (χ0n) is 16.2. The fraction of sp³-hybridized carbons (Fsp3) is 0.435. The summed E-state index contributed by atoms with van der Waals surface area (Å²) in [7, 11) is 0. The summed E-state index contributed by atoms with van der Waals surface area (Å²) in [5.41, 5.74) is 1.40. The largest absolute Gasteiger partial charge is 0.481 e. The van der Waals surface area contributed by atoms with E-state index in [1.54, 1.807) is 0 Å². The molecule has 1 aliphatic rings. The number of para-hydroxylation sites is 1. The fourth-order valence-electron chi connectivity index (χ4n) is 3.58. The number of hydrogen-bond donors (Lipinski definition) is 0. The average Bonchev–Trinajstić information content (AvgIpc) is 2.95. The van der Waals surface area contributed by atoms with Gasteiger partial charge in [-0.3, -0.25) is 4.79 Å². The molecule has 1 fully saturated rings. The number of nitrogens with zero attached hydrogens (tertiary/aromatic N) is 2. The van der Waals surface area contributed by atoms with Crippen molar-refractivity contribution in [3.8, 4) is 5.75 Å². The molecule has 0 N–H and O–H groups in total. The van der Waals surface area contributed by atoms with Gasteiger partial charge in [0.1, 0.15) is 5.75 Å². The number of carbonyl (C=O) groups excluding carboxylic acids is 1. The second kappa shape index (κ2) is 10.1. The number of aryl methyl sites for hydroxylation is 1. The van der Waals surface area contributed by atoms with Crippen LogP contribution in [-0.4, -0.2) is 54.5 Å². The van der Waals surface area contributed by atoms with Gasteiger partial charge in [-0.15, -0.1) is 0 Å². The molecule has 0 aliphatic carbocycles. The zero-order valence-corrected chi connectivity index (χ0v) is 16.2. The second-order valence-corrected chi connectivity index (χ2v) is 7.18. The highest BCUT2D eigenvalue weighted by Crippen LogP contribution is 2.13. The molecule has 1 aliphatic heterocycles. The maximum Gasteiger partial charge on any atom is 0.263 e. The molecule has 2 aromatic carbocycles. The van der Waals surface area contributed by atoms with Crippen molar-refractivity contribution < 1.29 is 9.53 Å². The van der Waals surface area contributed by atoms with E-state index in [1.807, 2.05) is 42.2 Å². The molecule has 2 aromatic rings. The SMILES string of the molecule is C[C@H](Oc1ccccc1)C(=O)N1CCCN(CCCc2ccccc2)CC1. The number of benzene rings is 2. The average molecular weight is 367 g/mol. The molecule has 144 valence electrons. The molecule has 1 saturated heterocycles. The Morgan fingerprint density at radius 1 is 0.963 bits per heavy atom. The van der Waals surface area contributed by atoms with E-state index in [9.17, 15) is 4.79 Å². The Morgan fingerprint density at radius 2 is 1.67 bits per heavy atom. The van der Waals surface area contributed by atoms with E-state index in [1.165, 1.54) is 5.56 Å². The Bertz CT molecular complexity index is 690. The molecule has 1 heterocycles. The van der Waals surface area contributed by atoms with E-state index in [0.717, 1.165) is 57.7 Å². The predicted molar refractivity (Wildman–Crippen MR) is 109 cm³/mol. The van der Waals surface area contributed by atoms with Crippen molar-refractivity contribution >= 4 is 5.91 Å². The van der Waals surface area contributed by atoms with Crippen LogP contribution >= 0.6 is 0 Å². The summed E-state index contributed by atoms with van der Waals surface area (Å²) in [5, 5.41) is 0. The molecule has 1 atom stereocenters. The number of rotatable bonds is 7. The molecule has 0 spiro atoms. The summed E-state index contributed by atoms with van der Waals surface area (Å²) in [6, 6.07) is 20.2. The van der Waals surface area contributed by atoms with Gasteiger partial charge < -0.3 is 14.5 Å². The van der Waals surface area contributed by atoms with Gasteiger partial charge in [-0.2, -0.15) is 0 Å². The van der Waals surface area contributed by atoms with E-state index in [4.69, 9.17) is 4.74 Å². The van der Waals surface area contributed by atoms with Gasteiger partial charge in [0.15, 0.2) is 6.10 Å². The Hall–Kier alpha value is -2.33. The molecular weight excluding hydrogens is 336 g/mol. The first-order valence-electron chi connectivity index (χ1n) is 9.99. The van der Waals surface area contributed by atoms with Crippen molar-refractivity contribution in [2.24, 2.45) is 0 Å². The van der Waals surface area contributed by atoms with Gasteiger partial charge in [0, 0.05) is 19.6 Å². The van der Waals surface area contributed by atoms with Crippen LogP contribution in [-0.2, 0) is 11.2 Å². The van der Waals surface area contributed by atoms with Gasteiger partial charge >= 0.3 is 0 Å². The predicted octanol–water partition coefficient (Wildman–Crippen LogP) is 3.62. The highest BCUT2D eigenvalue weighted by Gasteiger charge is 2.24. The van der Waals surface area contributed by atoms with Crippen LogP contribution in [0.1, 0.15) is 25.3 Å². The summed E-state index contributed by atoms with van der Waals surface area (Å²) in [6.45, 7) is 6.54. The lowest BCUT2D eigenvalue weighted by atomic mass is 10.1. The molecule has 0 saturated carbocycles. The summed E-state index contributed by atoms with van der Waals surface area (Å²) in [4.78, 5) is 17.2. The molecule has 0 bridgehead atoms. The number of ether oxygens (including phenoxy) is 1. The lowest BCUT2D eigenvalue weighted by Crippen LogP contribution is -2.42. The molecule has 4 nitrogen and oxygen atoms in total. The Morgan fingerprint density at radius 3 is 2.41 bits per heavy atom. The Kier molecular flexibility index (Phi) is 7.28. The highest BCUT2D eigenvalue weighted by molar-refractivity contribution is 5.81. The summed E-state index contributed by atoms with van der Waals surface area (Å²) < 4.78 is 5.81. The molecule has 0 unspecified atom stereocenters. The smallest absolute Gasteiger partial charge is 0.263 e. The third-order valence-corrected chi connectivity index (χ3v) is 5.09. The van der Waals surface area contributed by atoms with E-state index < -0.39 is 6.10 Å². The van der Waals surface area contributed by atoms with Gasteiger partial charge in [-0.1, -0.05) is 48.5 Å². The first-order chi connectivity index (χ1) is 13.2. The third-order valence-electron chi connectivity index (χ3n) is 5.09. The number of amides is 1. The lowest BCUT2D eigenvalue weighted by Gasteiger charge is -2.25. The Labute approximate surface area is 162 Å². The third kappa shape index (κ3) is 6.10. The van der Waals surface area contributed by atoms with E-state index in [2.05, 4.69) is 35.2 Å². The second-order valence-electron chi connectivity index (χ2n) is 7.18. The molecule has 4 heteroatoms. The fourth-order valence-corrected chi connectivity index (χ4v) is 3.58. The molecular formula is C23H30N2O2. The van der Waals surface area contributed by atoms with Crippen LogP contribution in [0.5, 0.6) is 5.75 Å². The van der Waals surface area contributed by atoms with Gasteiger partial charge in [0.05, 0.1) is 0 Å². The minimum absolute atomic E-state index is 0.0880. The van der Waals surface area contributed by atoms with Crippen LogP contribution in [0, 0.1) is 0 Å². The van der Waals surface area contributed by atoms with Crippen molar-refractivity contribution in [2.75, 3.05) is 32.7 Å². The van der Waals surface area contributed by atoms with Crippen molar-refractivity contribution in [3.05, 3.63) is 66.2 Å². The Balaban J connectivity index is 1.42. The maximum absolute atomic E-state index is 12.7. The van der Waals surface area contributed by atoms with Crippen molar-refractivity contribution in [1.82, 2.24) is 9.80 Å². The molecule has 27 heavy (non-hydrogen) atoms. The maximum atomic E-state index is 12.7. The molecule has 0 radical (unpaired) electrons. The molecule has 1 amide bonds. The van der Waals surface area contributed by atoms with Gasteiger partial charge in [-0.25, -0.2) is 0 Å². The standard InChI is InChI=1S/C23H30N2O2/c1-20(27-22-13-6-3-7-14-22)23(26)25-17-9-16-24(18-19-25)15-8-12-21-10-4-2-5-11-21/h2-7,10-11,13-14,20H,8-9,12,15-19H2,1H3/t20-/m0/s1. The van der Waals surface area contributed by atoms with E-state index in [-0.39, 0.29) is 5.91 Å². The van der Waals surface area contributed by atoms with Crippen LogP contribution in [0.2, 0.25) is 0 Å². The molecule has 0 aromatic heterocycles. The highest BCUT2D eigenvalue weighted by atomic mass is 16.5. The van der Waals surface area contributed by atoms with Crippen LogP contribution in [0.3, 0.4) is 0 Å². The minimum atomic E-state index is -0.447. The monoisotopic (exact) mass is 366 g/mol. The van der Waals surface area contributed by atoms with Crippen molar-refractivity contribution in [1.29, 1.82) is 0 Å². The first-order valence-corrected chi connectivity index (χ1v) is 9.99. The van der Waals surface area contributed by atoms with E-state index >= 15 is 0 Å². The normalized spacial score (nSPS) is 16.6. The van der Waals surface area contributed by atoms with Crippen LogP contribution in [0.25, 0.3) is 0 Å². The number of carbonyl (C=O) groups is 1. The topological polar surface area (TPSA) is 32.8 Å². The van der Waals surface area contributed by atoms with Crippen LogP contribution in [0.4, 0.5) is 0 Å². The van der Waals surface area contributed by atoms with Crippen molar-refractivity contribution in [2.45, 2.75) is 32.3 Å². The molecule has 3 rings (SSSR count). The first kappa shape index (κ1) is 19.4.